The Balaban J connectivity index is 1.38. The van der Waals surface area contributed by atoms with Gasteiger partial charge in [0.2, 0.25) is 0 Å². The summed E-state index contributed by atoms with van der Waals surface area (Å²) in [5.74, 6) is 1.24. The molecule has 0 heterocycles. The quantitative estimate of drug-likeness (QED) is 0.509. The molecule has 4 heteroatoms. The van der Waals surface area contributed by atoms with Crippen LogP contribution in [0.1, 0.15) is 73.5 Å². The van der Waals surface area contributed by atoms with Crippen LogP contribution in [0.2, 0.25) is 0 Å². The summed E-state index contributed by atoms with van der Waals surface area (Å²) < 4.78 is 19.6. The summed E-state index contributed by atoms with van der Waals surface area (Å²) in [5, 5.41) is 9.27. The highest BCUT2D eigenvalue weighted by molar-refractivity contribution is 5.68. The highest BCUT2D eigenvalue weighted by atomic mass is 19.1. The Bertz CT molecular complexity index is 939. The molecule has 0 unspecified atom stereocenters. The first-order valence-corrected chi connectivity index (χ1v) is 11.4. The average Bonchev–Trinajstić information content (AvgIpc) is 3.62. The van der Waals surface area contributed by atoms with Crippen molar-refractivity contribution in [1.29, 1.82) is 0 Å². The number of carbonyl (C=O) groups is 1. The zero-order valence-corrected chi connectivity index (χ0v) is 18.1. The van der Waals surface area contributed by atoms with Crippen LogP contribution in [0.4, 0.5) is 4.39 Å². The second kappa shape index (κ2) is 9.67. The molecule has 0 bridgehead atoms. The lowest BCUT2D eigenvalue weighted by atomic mass is 9.78. The van der Waals surface area contributed by atoms with Gasteiger partial charge in [0.1, 0.15) is 11.6 Å². The fraction of sp³-hybridized carbons (Fsp3) is 0.444. The van der Waals surface area contributed by atoms with Crippen LogP contribution >= 0.6 is 0 Å². The molecule has 31 heavy (non-hydrogen) atoms. The van der Waals surface area contributed by atoms with E-state index in [4.69, 9.17) is 4.74 Å². The van der Waals surface area contributed by atoms with Crippen LogP contribution in [0, 0.1) is 17.7 Å². The van der Waals surface area contributed by atoms with Crippen molar-refractivity contribution < 1.29 is 19.0 Å². The largest absolute Gasteiger partial charge is 0.497 e. The zero-order valence-electron chi connectivity index (χ0n) is 18.1. The van der Waals surface area contributed by atoms with E-state index in [1.165, 1.54) is 6.07 Å². The fourth-order valence-electron chi connectivity index (χ4n) is 4.97. The number of rotatable bonds is 8. The number of carboxylic acid groups (broad SMARTS) is 1. The first kappa shape index (κ1) is 21.6. The molecule has 2 aromatic rings. The van der Waals surface area contributed by atoms with Crippen molar-refractivity contribution in [2.75, 3.05) is 7.11 Å². The Morgan fingerprint density at radius 3 is 2.58 bits per heavy atom. The summed E-state index contributed by atoms with van der Waals surface area (Å²) in [6.07, 6.45) is 11.0. The number of allylic oxidation sites excluding steroid dienone is 1. The van der Waals surface area contributed by atoms with E-state index in [-0.39, 0.29) is 24.1 Å². The van der Waals surface area contributed by atoms with Gasteiger partial charge in [-0.2, -0.15) is 0 Å². The average molecular weight is 423 g/mol. The SMILES string of the molecule is COc1ccc(F)c(C2CCC(/C=C/c3cccc([C@@H](CC(=O)O)C4CC4)c3)CC2)c1. The van der Waals surface area contributed by atoms with E-state index in [2.05, 4.69) is 30.4 Å². The van der Waals surface area contributed by atoms with Crippen molar-refractivity contribution in [3.05, 3.63) is 71.0 Å². The maximum atomic E-state index is 14.3. The van der Waals surface area contributed by atoms with Gasteiger partial charge in [-0.3, -0.25) is 4.79 Å². The number of hydrogen-bond acceptors (Lipinski definition) is 2. The minimum atomic E-state index is -0.720. The van der Waals surface area contributed by atoms with Crippen LogP contribution < -0.4 is 4.74 Å². The second-order valence-corrected chi connectivity index (χ2v) is 9.07. The maximum absolute atomic E-state index is 14.3. The van der Waals surface area contributed by atoms with E-state index in [1.54, 1.807) is 13.2 Å². The summed E-state index contributed by atoms with van der Waals surface area (Å²) in [6.45, 7) is 0. The summed E-state index contributed by atoms with van der Waals surface area (Å²) in [5.41, 5.74) is 3.05. The molecule has 2 fully saturated rings. The molecule has 1 atom stereocenters. The van der Waals surface area contributed by atoms with Crippen LogP contribution in [-0.4, -0.2) is 18.2 Å². The minimum absolute atomic E-state index is 0.124. The molecule has 164 valence electrons. The number of halogens is 1. The lowest BCUT2D eigenvalue weighted by molar-refractivity contribution is -0.137. The van der Waals surface area contributed by atoms with Crippen molar-refractivity contribution in [1.82, 2.24) is 0 Å². The zero-order chi connectivity index (χ0) is 21.8. The highest BCUT2D eigenvalue weighted by Gasteiger charge is 2.33. The predicted molar refractivity (Wildman–Crippen MR) is 121 cm³/mol. The standard InChI is InChI=1S/C27H31FO3/c1-31-23-13-14-26(28)25(16-23)21-9-7-18(8-10-21)5-6-19-3-2-4-22(15-19)24(17-27(29)30)20-11-12-20/h2-6,13-16,18,20-21,24H,7-12,17H2,1H3,(H,29,30)/b6-5+/t18?,21?,24-/m0/s1. The van der Waals surface area contributed by atoms with Crippen molar-refractivity contribution in [3.63, 3.8) is 0 Å². The first-order valence-electron chi connectivity index (χ1n) is 11.4. The third-order valence-corrected chi connectivity index (χ3v) is 6.90. The molecule has 2 saturated carbocycles. The van der Waals surface area contributed by atoms with Crippen molar-refractivity contribution >= 4 is 12.0 Å². The van der Waals surface area contributed by atoms with Gasteiger partial charge in [0.05, 0.1) is 13.5 Å². The van der Waals surface area contributed by atoms with Gasteiger partial charge < -0.3 is 9.84 Å². The van der Waals surface area contributed by atoms with Crippen molar-refractivity contribution in [2.24, 2.45) is 11.8 Å². The Hall–Kier alpha value is -2.62. The van der Waals surface area contributed by atoms with Crippen LogP contribution in [0.25, 0.3) is 6.08 Å². The Labute approximate surface area is 183 Å². The van der Waals surface area contributed by atoms with Gasteiger partial charge >= 0.3 is 5.97 Å². The molecule has 2 aromatic carbocycles. The van der Waals surface area contributed by atoms with Crippen LogP contribution in [-0.2, 0) is 4.79 Å². The molecule has 0 saturated heterocycles. The van der Waals surface area contributed by atoms with Gasteiger partial charge in [-0.1, -0.05) is 36.4 Å². The van der Waals surface area contributed by atoms with Gasteiger partial charge in [-0.05, 0) is 97.1 Å². The van der Waals surface area contributed by atoms with Gasteiger partial charge in [0, 0.05) is 0 Å². The van der Waals surface area contributed by atoms with E-state index in [1.807, 2.05) is 12.1 Å². The maximum Gasteiger partial charge on any atom is 0.303 e. The molecule has 2 aliphatic carbocycles. The summed E-state index contributed by atoms with van der Waals surface area (Å²) >= 11 is 0. The monoisotopic (exact) mass is 422 g/mol. The molecule has 1 N–H and O–H groups in total. The lowest BCUT2D eigenvalue weighted by Crippen LogP contribution is -2.13. The number of hydrogen-bond donors (Lipinski definition) is 1. The summed E-state index contributed by atoms with van der Waals surface area (Å²) in [4.78, 5) is 11.3. The van der Waals surface area contributed by atoms with Gasteiger partial charge in [0.25, 0.3) is 0 Å². The normalized spacial score (nSPS) is 22.4. The van der Waals surface area contributed by atoms with E-state index in [0.717, 1.165) is 55.2 Å². The molecular formula is C27H31FO3. The van der Waals surface area contributed by atoms with Crippen molar-refractivity contribution in [2.45, 2.75) is 56.8 Å². The third-order valence-electron chi connectivity index (χ3n) is 6.90. The van der Waals surface area contributed by atoms with Gasteiger partial charge in [0.15, 0.2) is 0 Å². The Morgan fingerprint density at radius 1 is 1.13 bits per heavy atom. The molecule has 0 amide bonds. The lowest BCUT2D eigenvalue weighted by Gasteiger charge is -2.27. The number of benzene rings is 2. The number of ether oxygens (including phenoxy) is 1. The van der Waals surface area contributed by atoms with E-state index >= 15 is 0 Å². The molecule has 0 radical (unpaired) electrons. The second-order valence-electron chi connectivity index (χ2n) is 9.07. The highest BCUT2D eigenvalue weighted by Crippen LogP contribution is 2.45. The minimum Gasteiger partial charge on any atom is -0.497 e. The number of methoxy groups -OCH3 is 1. The smallest absolute Gasteiger partial charge is 0.303 e. The summed E-state index contributed by atoms with van der Waals surface area (Å²) in [7, 11) is 1.61. The molecule has 4 rings (SSSR count). The molecule has 0 aliphatic heterocycles. The van der Waals surface area contributed by atoms with E-state index in [0.29, 0.717) is 17.6 Å². The van der Waals surface area contributed by atoms with Crippen LogP contribution in [0.15, 0.2) is 48.5 Å². The fourth-order valence-corrected chi connectivity index (χ4v) is 4.97. The number of carboxylic acids is 1. The van der Waals surface area contributed by atoms with Gasteiger partial charge in [-0.15, -0.1) is 0 Å². The van der Waals surface area contributed by atoms with Crippen LogP contribution in [0.5, 0.6) is 5.75 Å². The van der Waals surface area contributed by atoms with E-state index in [9.17, 15) is 14.3 Å². The molecular weight excluding hydrogens is 391 g/mol. The molecule has 0 aromatic heterocycles. The van der Waals surface area contributed by atoms with E-state index < -0.39 is 5.97 Å². The van der Waals surface area contributed by atoms with Gasteiger partial charge in [-0.25, -0.2) is 4.39 Å². The Kier molecular flexibility index (Phi) is 6.74. The van der Waals surface area contributed by atoms with Crippen LogP contribution in [0.3, 0.4) is 0 Å². The predicted octanol–water partition coefficient (Wildman–Crippen LogP) is 6.79. The van der Waals surface area contributed by atoms with Crippen molar-refractivity contribution in [3.8, 4) is 5.75 Å². The first-order chi connectivity index (χ1) is 15.0. The topological polar surface area (TPSA) is 46.5 Å². The number of aliphatic carboxylic acids is 1. The molecule has 0 spiro atoms. The third kappa shape index (κ3) is 5.55. The summed E-state index contributed by atoms with van der Waals surface area (Å²) in [6, 6.07) is 13.4. The Morgan fingerprint density at radius 2 is 1.90 bits per heavy atom. The molecule has 3 nitrogen and oxygen atoms in total. The molecule has 2 aliphatic rings.